The van der Waals surface area contributed by atoms with Crippen molar-refractivity contribution < 1.29 is 9.21 Å². The van der Waals surface area contributed by atoms with Crippen molar-refractivity contribution in [2.75, 3.05) is 5.75 Å². The van der Waals surface area contributed by atoms with Gasteiger partial charge in [0.25, 0.3) is 5.22 Å². The van der Waals surface area contributed by atoms with Gasteiger partial charge in [-0.15, -0.1) is 16.8 Å². The molecule has 0 saturated heterocycles. The first-order chi connectivity index (χ1) is 12.9. The van der Waals surface area contributed by atoms with Crippen LogP contribution in [-0.4, -0.2) is 26.3 Å². The second-order valence-corrected chi connectivity index (χ2v) is 7.49. The van der Waals surface area contributed by atoms with Gasteiger partial charge in [0.15, 0.2) is 5.78 Å². The van der Waals surface area contributed by atoms with Crippen LogP contribution in [0.1, 0.15) is 32.9 Å². The van der Waals surface area contributed by atoms with E-state index < -0.39 is 0 Å². The zero-order chi connectivity index (χ0) is 19.6. The van der Waals surface area contributed by atoms with Gasteiger partial charge in [-0.1, -0.05) is 23.9 Å². The summed E-state index contributed by atoms with van der Waals surface area (Å²) >= 11 is 1.26. The fraction of sp³-hybridized carbons (Fsp3) is 0.286. The van der Waals surface area contributed by atoms with Crippen molar-refractivity contribution in [2.24, 2.45) is 0 Å². The molecule has 0 saturated carbocycles. The van der Waals surface area contributed by atoms with Crippen molar-refractivity contribution >= 4 is 17.5 Å². The zero-order valence-electron chi connectivity index (χ0n) is 16.1. The van der Waals surface area contributed by atoms with Gasteiger partial charge in [-0.2, -0.15) is 0 Å². The maximum Gasteiger partial charge on any atom is 0.277 e. The van der Waals surface area contributed by atoms with Gasteiger partial charge in [0.2, 0.25) is 5.89 Å². The van der Waals surface area contributed by atoms with Crippen LogP contribution in [0.4, 0.5) is 0 Å². The Hall–Kier alpha value is -2.60. The molecule has 0 aliphatic heterocycles. The Morgan fingerprint density at radius 1 is 1.19 bits per heavy atom. The van der Waals surface area contributed by atoms with Gasteiger partial charge in [0.05, 0.1) is 5.75 Å². The molecule has 0 unspecified atom stereocenters. The molecule has 0 bridgehead atoms. The second-order valence-electron chi connectivity index (χ2n) is 6.57. The van der Waals surface area contributed by atoms with E-state index in [2.05, 4.69) is 28.3 Å². The molecule has 27 heavy (non-hydrogen) atoms. The first-order valence-corrected chi connectivity index (χ1v) is 9.74. The zero-order valence-corrected chi connectivity index (χ0v) is 16.9. The molecule has 0 amide bonds. The summed E-state index contributed by atoms with van der Waals surface area (Å²) < 4.78 is 7.80. The van der Waals surface area contributed by atoms with E-state index >= 15 is 0 Å². The maximum absolute atomic E-state index is 12.6. The molecule has 0 N–H and O–H groups in total. The van der Waals surface area contributed by atoms with Crippen LogP contribution in [0, 0.1) is 27.7 Å². The summed E-state index contributed by atoms with van der Waals surface area (Å²) in [5.74, 6) is 0.777. The number of allylic oxidation sites excluding steroid dienone is 1. The van der Waals surface area contributed by atoms with Crippen molar-refractivity contribution in [3.63, 3.8) is 0 Å². The van der Waals surface area contributed by atoms with Gasteiger partial charge in [0.1, 0.15) is 0 Å². The smallest absolute Gasteiger partial charge is 0.277 e. The first-order valence-electron chi connectivity index (χ1n) is 8.75. The number of hydrogen-bond donors (Lipinski definition) is 0. The monoisotopic (exact) mass is 381 g/mol. The molecule has 140 valence electrons. The van der Waals surface area contributed by atoms with Crippen molar-refractivity contribution in [3.8, 4) is 11.5 Å². The number of Topliss-reactive ketones (excluding diaryl/α,β-unsaturated/α-hetero) is 1. The Balaban J connectivity index is 1.70. The van der Waals surface area contributed by atoms with Crippen LogP contribution in [0.25, 0.3) is 11.5 Å². The van der Waals surface area contributed by atoms with Crippen LogP contribution in [-0.2, 0) is 6.54 Å². The van der Waals surface area contributed by atoms with Gasteiger partial charge in [0, 0.05) is 29.1 Å². The van der Waals surface area contributed by atoms with Gasteiger partial charge >= 0.3 is 0 Å². The molecule has 1 aromatic carbocycles. The number of aromatic nitrogens is 3. The second kappa shape index (κ2) is 7.96. The fourth-order valence-electron chi connectivity index (χ4n) is 2.96. The minimum atomic E-state index is 0.0503. The van der Waals surface area contributed by atoms with Crippen molar-refractivity contribution in [3.05, 3.63) is 65.0 Å². The van der Waals surface area contributed by atoms with E-state index in [9.17, 15) is 4.79 Å². The average molecular weight is 382 g/mol. The molecule has 3 rings (SSSR count). The van der Waals surface area contributed by atoms with Gasteiger partial charge in [-0.3, -0.25) is 4.79 Å². The topological polar surface area (TPSA) is 60.9 Å². The number of carbonyl (C=O) groups is 1. The molecule has 6 heteroatoms. The average Bonchev–Trinajstić information content (AvgIpc) is 3.22. The molecule has 0 fully saturated rings. The Kier molecular flexibility index (Phi) is 5.65. The van der Waals surface area contributed by atoms with E-state index in [0.717, 1.165) is 22.5 Å². The van der Waals surface area contributed by atoms with E-state index in [-0.39, 0.29) is 11.5 Å². The number of aryl methyl sites for hydroxylation is 3. The Morgan fingerprint density at radius 3 is 2.67 bits per heavy atom. The quantitative estimate of drug-likeness (QED) is 0.330. The molecule has 2 aromatic heterocycles. The Morgan fingerprint density at radius 2 is 1.96 bits per heavy atom. The van der Waals surface area contributed by atoms with Crippen LogP contribution in [0.3, 0.4) is 0 Å². The van der Waals surface area contributed by atoms with Crippen LogP contribution in [0.15, 0.2) is 46.6 Å². The highest BCUT2D eigenvalue weighted by molar-refractivity contribution is 7.99. The van der Waals surface area contributed by atoms with Gasteiger partial charge in [-0.25, -0.2) is 0 Å². The highest BCUT2D eigenvalue weighted by Gasteiger charge is 2.17. The maximum atomic E-state index is 12.6. The highest BCUT2D eigenvalue weighted by atomic mass is 32.2. The highest BCUT2D eigenvalue weighted by Crippen LogP contribution is 2.26. The molecule has 0 atom stereocenters. The number of ketones is 1. The number of thioether (sulfide) groups is 1. The first kappa shape index (κ1) is 19.2. The molecule has 0 aliphatic carbocycles. The largest absolute Gasteiger partial charge is 0.411 e. The van der Waals surface area contributed by atoms with E-state index in [1.165, 1.54) is 22.9 Å². The summed E-state index contributed by atoms with van der Waals surface area (Å²) in [6, 6.07) is 7.95. The number of nitrogens with zero attached hydrogens (tertiary/aromatic N) is 3. The number of benzene rings is 1. The minimum Gasteiger partial charge on any atom is -0.411 e. The number of rotatable bonds is 7. The lowest BCUT2D eigenvalue weighted by molar-refractivity contribution is 0.102. The summed E-state index contributed by atoms with van der Waals surface area (Å²) in [5.41, 5.74) is 6.01. The van der Waals surface area contributed by atoms with Crippen LogP contribution < -0.4 is 0 Å². The van der Waals surface area contributed by atoms with Crippen LogP contribution >= 0.6 is 11.8 Å². The molecular weight excluding hydrogens is 358 g/mol. The van der Waals surface area contributed by atoms with Crippen molar-refractivity contribution in [2.45, 2.75) is 39.5 Å². The molecule has 3 aromatic rings. The third-order valence-electron chi connectivity index (χ3n) is 4.67. The molecule has 5 nitrogen and oxygen atoms in total. The molecule has 2 heterocycles. The van der Waals surface area contributed by atoms with Gasteiger partial charge < -0.3 is 8.98 Å². The summed E-state index contributed by atoms with van der Waals surface area (Å²) in [6.07, 6.45) is 1.83. The lowest BCUT2D eigenvalue weighted by atomic mass is 10.1. The van der Waals surface area contributed by atoms with Crippen molar-refractivity contribution in [1.29, 1.82) is 0 Å². The SMILES string of the molecule is C=CCn1c(C)cc(C(=O)CSc2nnc(-c3ccc(C)c(C)c3)o2)c1C. The third-order valence-corrected chi connectivity index (χ3v) is 5.49. The number of carbonyl (C=O) groups excluding carboxylic acids is 1. The predicted molar refractivity (Wildman–Crippen MR) is 108 cm³/mol. The Bertz CT molecular complexity index is 1000. The van der Waals surface area contributed by atoms with Crippen LogP contribution in [0.2, 0.25) is 0 Å². The summed E-state index contributed by atoms with van der Waals surface area (Å²) in [6.45, 7) is 12.5. The minimum absolute atomic E-state index is 0.0503. The summed E-state index contributed by atoms with van der Waals surface area (Å²) in [7, 11) is 0. The van der Waals surface area contributed by atoms with Gasteiger partial charge in [-0.05, 0) is 57.0 Å². The predicted octanol–water partition coefficient (Wildman–Crippen LogP) is 4.93. The summed E-state index contributed by atoms with van der Waals surface area (Å²) in [5, 5.41) is 8.56. The molecular formula is C21H23N3O2S. The van der Waals surface area contributed by atoms with E-state index in [0.29, 0.717) is 17.7 Å². The lowest BCUT2D eigenvalue weighted by Crippen LogP contribution is -2.06. The fourth-order valence-corrected chi connectivity index (χ4v) is 3.60. The Labute approximate surface area is 163 Å². The van der Waals surface area contributed by atoms with E-state index in [1.54, 1.807) is 0 Å². The van der Waals surface area contributed by atoms with E-state index in [1.807, 2.05) is 51.1 Å². The molecule has 0 spiro atoms. The number of hydrogen-bond acceptors (Lipinski definition) is 5. The summed E-state index contributed by atoms with van der Waals surface area (Å²) in [4.78, 5) is 12.6. The molecule has 0 radical (unpaired) electrons. The van der Waals surface area contributed by atoms with Crippen LogP contribution in [0.5, 0.6) is 0 Å². The molecule has 0 aliphatic rings. The standard InChI is InChI=1S/C21H23N3O2S/c1-6-9-24-15(4)11-18(16(24)5)19(25)12-27-21-23-22-20(26-21)17-8-7-13(2)14(3)10-17/h6-8,10-11H,1,9,12H2,2-5H3. The normalized spacial score (nSPS) is 11.0. The van der Waals surface area contributed by atoms with Crippen molar-refractivity contribution in [1.82, 2.24) is 14.8 Å². The third kappa shape index (κ3) is 4.06. The lowest BCUT2D eigenvalue weighted by Gasteiger charge is -2.05. The van der Waals surface area contributed by atoms with E-state index in [4.69, 9.17) is 4.42 Å².